The van der Waals surface area contributed by atoms with Crippen molar-refractivity contribution in [2.45, 2.75) is 6.10 Å². The van der Waals surface area contributed by atoms with Crippen LogP contribution in [0.2, 0.25) is 0 Å². The standard InChI is InChI=1S/C3H6F2O3S/c4-1-3(2-5)8-9(6)7/h3H,1-2H2,(H,6,7). The van der Waals surface area contributed by atoms with E-state index >= 15 is 0 Å². The smallest absolute Gasteiger partial charge is 0.284 e. The summed E-state index contributed by atoms with van der Waals surface area (Å²) in [6.07, 6.45) is -1.41. The summed E-state index contributed by atoms with van der Waals surface area (Å²) >= 11 is -2.58. The van der Waals surface area contributed by atoms with E-state index in [1.54, 1.807) is 0 Å². The first-order valence-electron chi connectivity index (χ1n) is 2.10. The van der Waals surface area contributed by atoms with Crippen LogP contribution in [0.25, 0.3) is 0 Å². The molecular weight excluding hydrogens is 154 g/mol. The number of hydrogen-bond acceptors (Lipinski definition) is 2. The molecule has 56 valence electrons. The van der Waals surface area contributed by atoms with Crippen molar-refractivity contribution >= 4 is 11.4 Å². The zero-order valence-electron chi connectivity index (χ0n) is 4.42. The molecule has 0 aliphatic heterocycles. The molecule has 3 nitrogen and oxygen atoms in total. The maximum atomic E-state index is 11.4. The van der Waals surface area contributed by atoms with E-state index in [2.05, 4.69) is 4.18 Å². The zero-order chi connectivity index (χ0) is 7.28. The molecule has 1 unspecified atom stereocenters. The van der Waals surface area contributed by atoms with Crippen molar-refractivity contribution in [2.75, 3.05) is 13.3 Å². The van der Waals surface area contributed by atoms with Gasteiger partial charge in [0, 0.05) is 0 Å². The molecule has 0 aromatic heterocycles. The van der Waals surface area contributed by atoms with Crippen LogP contribution >= 0.6 is 0 Å². The van der Waals surface area contributed by atoms with Gasteiger partial charge in [0.25, 0.3) is 0 Å². The second-order valence-electron chi connectivity index (χ2n) is 1.24. The summed E-state index contributed by atoms with van der Waals surface area (Å²) in [5.74, 6) is 0. The van der Waals surface area contributed by atoms with E-state index in [1.807, 2.05) is 0 Å². The third kappa shape index (κ3) is 4.43. The molecule has 0 aromatic rings. The first-order valence-corrected chi connectivity index (χ1v) is 3.13. The van der Waals surface area contributed by atoms with Crippen molar-refractivity contribution in [3.05, 3.63) is 0 Å². The fourth-order valence-electron chi connectivity index (χ4n) is 0.209. The molecule has 0 spiro atoms. The van der Waals surface area contributed by atoms with Crippen molar-refractivity contribution < 1.29 is 21.7 Å². The third-order valence-electron chi connectivity index (χ3n) is 0.563. The Labute approximate surface area is 53.5 Å². The summed E-state index contributed by atoms with van der Waals surface area (Å²) in [5, 5.41) is 0. The van der Waals surface area contributed by atoms with Gasteiger partial charge in [-0.3, -0.25) is 8.74 Å². The Balaban J connectivity index is 3.43. The van der Waals surface area contributed by atoms with Gasteiger partial charge in [-0.1, -0.05) is 0 Å². The number of rotatable bonds is 4. The molecule has 1 N–H and O–H groups in total. The van der Waals surface area contributed by atoms with E-state index in [0.29, 0.717) is 0 Å². The third-order valence-corrected chi connectivity index (χ3v) is 0.999. The highest BCUT2D eigenvalue weighted by atomic mass is 32.2. The predicted octanol–water partition coefficient (Wildman–Crippen LogP) is 0.447. The topological polar surface area (TPSA) is 46.5 Å². The predicted molar refractivity (Wildman–Crippen MR) is 27.6 cm³/mol. The highest BCUT2D eigenvalue weighted by molar-refractivity contribution is 7.74. The quantitative estimate of drug-likeness (QED) is 0.607. The lowest BCUT2D eigenvalue weighted by atomic mass is 10.4. The fourth-order valence-corrected chi connectivity index (χ4v) is 0.545. The van der Waals surface area contributed by atoms with Gasteiger partial charge in [0.15, 0.2) is 0 Å². The van der Waals surface area contributed by atoms with Crippen LogP contribution in [0.1, 0.15) is 0 Å². The molecule has 6 heteroatoms. The van der Waals surface area contributed by atoms with E-state index in [9.17, 15) is 13.0 Å². The molecule has 0 heterocycles. The normalized spacial score (nSPS) is 14.2. The molecule has 0 aliphatic carbocycles. The molecule has 0 aliphatic rings. The van der Waals surface area contributed by atoms with Gasteiger partial charge >= 0.3 is 11.4 Å². The van der Waals surface area contributed by atoms with Crippen molar-refractivity contribution in [1.82, 2.24) is 0 Å². The number of halogens is 2. The molecule has 0 aromatic carbocycles. The molecule has 1 atom stereocenters. The van der Waals surface area contributed by atoms with Crippen molar-refractivity contribution in [1.29, 1.82) is 0 Å². The first kappa shape index (κ1) is 8.93. The summed E-state index contributed by atoms with van der Waals surface area (Å²) in [6.45, 7) is -2.19. The minimum absolute atomic E-state index is 1.09. The SMILES string of the molecule is O=S(O)OC(CF)CF. The van der Waals surface area contributed by atoms with E-state index in [0.717, 1.165) is 0 Å². The Morgan fingerprint density at radius 3 is 2.11 bits per heavy atom. The van der Waals surface area contributed by atoms with Crippen LogP contribution in [0.5, 0.6) is 0 Å². The molecule has 0 fully saturated rings. The Morgan fingerprint density at radius 2 is 2.00 bits per heavy atom. The minimum Gasteiger partial charge on any atom is -0.284 e. The molecule has 0 amide bonds. The second kappa shape index (κ2) is 4.78. The van der Waals surface area contributed by atoms with E-state index < -0.39 is 30.8 Å². The zero-order valence-corrected chi connectivity index (χ0v) is 5.24. The average molecular weight is 160 g/mol. The van der Waals surface area contributed by atoms with E-state index in [1.165, 1.54) is 0 Å². The highest BCUT2D eigenvalue weighted by Crippen LogP contribution is 1.95. The van der Waals surface area contributed by atoms with E-state index in [4.69, 9.17) is 4.55 Å². The second-order valence-corrected chi connectivity index (χ2v) is 1.87. The van der Waals surface area contributed by atoms with Crippen molar-refractivity contribution in [3.8, 4) is 0 Å². The maximum Gasteiger partial charge on any atom is 0.302 e. The summed E-state index contributed by atoms with van der Waals surface area (Å²) in [4.78, 5) is 0. The van der Waals surface area contributed by atoms with Crippen LogP contribution in [0.4, 0.5) is 8.78 Å². The van der Waals surface area contributed by atoms with Crippen LogP contribution in [0, 0.1) is 0 Å². The van der Waals surface area contributed by atoms with Gasteiger partial charge in [0.05, 0.1) is 0 Å². The lowest BCUT2D eigenvalue weighted by Crippen LogP contribution is -2.18. The Hall–Kier alpha value is -0.0700. The first-order chi connectivity index (χ1) is 4.20. The van der Waals surface area contributed by atoms with Crippen LogP contribution in [-0.4, -0.2) is 28.2 Å². The van der Waals surface area contributed by atoms with Gasteiger partial charge < -0.3 is 0 Å². The number of hydrogen-bond donors (Lipinski definition) is 1. The minimum atomic E-state index is -2.58. The lowest BCUT2D eigenvalue weighted by molar-refractivity contribution is 0.137. The van der Waals surface area contributed by atoms with Crippen LogP contribution in [0.15, 0.2) is 0 Å². The highest BCUT2D eigenvalue weighted by Gasteiger charge is 2.10. The van der Waals surface area contributed by atoms with E-state index in [-0.39, 0.29) is 0 Å². The van der Waals surface area contributed by atoms with Crippen LogP contribution in [0.3, 0.4) is 0 Å². The van der Waals surface area contributed by atoms with Gasteiger partial charge in [0.1, 0.15) is 19.5 Å². The maximum absolute atomic E-state index is 11.4. The van der Waals surface area contributed by atoms with Gasteiger partial charge in [-0.15, -0.1) is 0 Å². The van der Waals surface area contributed by atoms with Crippen molar-refractivity contribution in [2.24, 2.45) is 0 Å². The van der Waals surface area contributed by atoms with Gasteiger partial charge in [-0.25, -0.2) is 8.78 Å². The summed E-state index contributed by atoms with van der Waals surface area (Å²) in [7, 11) is 0. The van der Waals surface area contributed by atoms with Gasteiger partial charge in [-0.05, 0) is 0 Å². The number of alkyl halides is 2. The molecule has 0 rings (SSSR count). The Morgan fingerprint density at radius 1 is 1.56 bits per heavy atom. The largest absolute Gasteiger partial charge is 0.302 e. The van der Waals surface area contributed by atoms with Gasteiger partial charge in [-0.2, -0.15) is 4.21 Å². The Bertz CT molecular complexity index is 95.1. The lowest BCUT2D eigenvalue weighted by Gasteiger charge is -2.03. The van der Waals surface area contributed by atoms with Crippen LogP contribution < -0.4 is 0 Å². The summed E-state index contributed by atoms with van der Waals surface area (Å²) in [5.41, 5.74) is 0. The summed E-state index contributed by atoms with van der Waals surface area (Å²) < 4.78 is 44.2. The molecule has 0 saturated carbocycles. The fraction of sp³-hybridized carbons (Fsp3) is 1.00. The molecule has 0 bridgehead atoms. The average Bonchev–Trinajstić information content (AvgIpc) is 1.82. The molecular formula is C3H6F2O3S. The Kier molecular flexibility index (Phi) is 4.74. The molecule has 9 heavy (non-hydrogen) atoms. The summed E-state index contributed by atoms with van der Waals surface area (Å²) in [6, 6.07) is 0. The monoisotopic (exact) mass is 160 g/mol. The van der Waals surface area contributed by atoms with Crippen molar-refractivity contribution in [3.63, 3.8) is 0 Å². The van der Waals surface area contributed by atoms with Crippen LogP contribution in [-0.2, 0) is 15.5 Å². The molecule has 0 radical (unpaired) electrons. The molecule has 0 saturated heterocycles. The van der Waals surface area contributed by atoms with Gasteiger partial charge in [0.2, 0.25) is 0 Å².